The molecular weight excluding hydrogens is 350 g/mol. The van der Waals surface area contributed by atoms with Crippen LogP contribution in [0, 0.1) is 0 Å². The molecule has 2 aromatic rings. The van der Waals surface area contributed by atoms with Crippen molar-refractivity contribution in [3.05, 3.63) is 45.5 Å². The van der Waals surface area contributed by atoms with Crippen molar-refractivity contribution in [1.29, 1.82) is 0 Å². The van der Waals surface area contributed by atoms with Gasteiger partial charge in [-0.25, -0.2) is 0 Å². The molecular formula is C24H35NOS. The molecule has 0 atom stereocenters. The lowest BCUT2D eigenvalue weighted by Gasteiger charge is -2.21. The summed E-state index contributed by atoms with van der Waals surface area (Å²) in [7, 11) is 0. The van der Waals surface area contributed by atoms with E-state index in [1.54, 1.807) is 11.3 Å². The van der Waals surface area contributed by atoms with E-state index in [9.17, 15) is 4.79 Å². The van der Waals surface area contributed by atoms with Gasteiger partial charge in [-0.2, -0.15) is 0 Å². The molecule has 0 unspecified atom stereocenters. The summed E-state index contributed by atoms with van der Waals surface area (Å²) in [5, 5.41) is 3.28. The van der Waals surface area contributed by atoms with Crippen LogP contribution in [-0.2, 0) is 6.54 Å². The van der Waals surface area contributed by atoms with Crippen LogP contribution in [0.2, 0.25) is 0 Å². The Labute approximate surface area is 169 Å². The molecule has 0 saturated carbocycles. The average Bonchev–Trinajstić information content (AvgIpc) is 3.24. The molecule has 2 heterocycles. The summed E-state index contributed by atoms with van der Waals surface area (Å²) in [6.45, 7) is 13.7. The Hall–Kier alpha value is -1.61. The molecule has 3 rings (SSSR count). The second-order valence-corrected chi connectivity index (χ2v) is 8.52. The molecule has 3 heteroatoms. The Morgan fingerprint density at radius 1 is 1.11 bits per heavy atom. The molecule has 0 saturated heterocycles. The summed E-state index contributed by atoms with van der Waals surface area (Å²) in [5.74, 6) is 0.200. The standard InChI is InChI=1S/C20H25NOS.C4H10/c1-5-21-17(12-15-10-11-23-20(15)21)19(22)18(13(2)3)16-9-7-6-8-14(16)4;1-3-4-2/h10-12H,5-9H2,1-4H3;3-4H2,1-2H3. The highest BCUT2D eigenvalue weighted by atomic mass is 32.1. The largest absolute Gasteiger partial charge is 0.330 e. The Morgan fingerprint density at radius 2 is 1.78 bits per heavy atom. The van der Waals surface area contributed by atoms with Crippen molar-refractivity contribution < 1.29 is 4.79 Å². The summed E-state index contributed by atoms with van der Waals surface area (Å²) in [6.07, 6.45) is 7.25. The molecule has 0 bridgehead atoms. The highest BCUT2D eigenvalue weighted by molar-refractivity contribution is 7.16. The first-order valence-electron chi connectivity index (χ1n) is 10.4. The molecule has 2 nitrogen and oxygen atoms in total. The number of aromatic nitrogens is 1. The third-order valence-electron chi connectivity index (χ3n) is 5.32. The van der Waals surface area contributed by atoms with Crippen molar-refractivity contribution >= 4 is 27.3 Å². The van der Waals surface area contributed by atoms with Crippen LogP contribution in [0.25, 0.3) is 10.2 Å². The third-order valence-corrected chi connectivity index (χ3v) is 6.28. The summed E-state index contributed by atoms with van der Waals surface area (Å²) in [6, 6.07) is 4.18. The predicted molar refractivity (Wildman–Crippen MR) is 120 cm³/mol. The highest BCUT2D eigenvalue weighted by Crippen LogP contribution is 2.34. The minimum atomic E-state index is 0.200. The Bertz CT molecular complexity index is 841. The van der Waals surface area contributed by atoms with Crippen molar-refractivity contribution in [2.45, 2.75) is 86.6 Å². The fourth-order valence-electron chi connectivity index (χ4n) is 3.67. The van der Waals surface area contributed by atoms with E-state index in [4.69, 9.17) is 0 Å². The number of carbonyl (C=O) groups excluding carboxylic acids is 1. The van der Waals surface area contributed by atoms with Crippen molar-refractivity contribution in [3.63, 3.8) is 0 Å². The van der Waals surface area contributed by atoms with E-state index in [-0.39, 0.29) is 5.78 Å². The van der Waals surface area contributed by atoms with Crippen LogP contribution >= 0.6 is 11.3 Å². The zero-order valence-electron chi connectivity index (χ0n) is 17.9. The molecule has 148 valence electrons. The molecule has 0 amide bonds. The number of hydrogen-bond acceptors (Lipinski definition) is 2. The second kappa shape index (κ2) is 10.1. The summed E-state index contributed by atoms with van der Waals surface area (Å²) in [4.78, 5) is 14.6. The average molecular weight is 386 g/mol. The fourth-order valence-corrected chi connectivity index (χ4v) is 4.63. The first-order chi connectivity index (χ1) is 13.0. The monoisotopic (exact) mass is 385 g/mol. The second-order valence-electron chi connectivity index (χ2n) is 7.63. The van der Waals surface area contributed by atoms with E-state index < -0.39 is 0 Å². The first kappa shape index (κ1) is 21.7. The number of hydrogen-bond donors (Lipinski definition) is 0. The number of rotatable bonds is 5. The molecule has 0 aromatic carbocycles. The first-order valence-corrected chi connectivity index (χ1v) is 11.3. The number of nitrogens with zero attached hydrogens (tertiary/aromatic N) is 1. The lowest BCUT2D eigenvalue weighted by Crippen LogP contribution is -2.15. The Morgan fingerprint density at radius 3 is 2.33 bits per heavy atom. The normalized spacial score (nSPS) is 14.1. The minimum Gasteiger partial charge on any atom is -0.330 e. The van der Waals surface area contributed by atoms with E-state index in [1.807, 2.05) is 0 Å². The van der Waals surface area contributed by atoms with Crippen LogP contribution in [0.5, 0.6) is 0 Å². The molecule has 27 heavy (non-hydrogen) atoms. The number of ketones is 1. The van der Waals surface area contributed by atoms with E-state index in [1.165, 1.54) is 47.0 Å². The van der Waals surface area contributed by atoms with Gasteiger partial charge in [0.25, 0.3) is 0 Å². The van der Waals surface area contributed by atoms with Gasteiger partial charge in [0.1, 0.15) is 4.83 Å². The molecule has 1 aliphatic carbocycles. The summed E-state index contributed by atoms with van der Waals surface area (Å²) < 4.78 is 2.17. The van der Waals surface area contributed by atoms with E-state index in [0.717, 1.165) is 36.2 Å². The zero-order valence-corrected chi connectivity index (χ0v) is 18.8. The maximum atomic E-state index is 13.4. The van der Waals surface area contributed by atoms with Crippen molar-refractivity contribution in [3.8, 4) is 0 Å². The number of aryl methyl sites for hydroxylation is 1. The van der Waals surface area contributed by atoms with Gasteiger partial charge in [0.2, 0.25) is 5.78 Å². The molecule has 0 radical (unpaired) electrons. The van der Waals surface area contributed by atoms with Crippen molar-refractivity contribution in [2.24, 2.45) is 0 Å². The number of thiophene rings is 1. The molecule has 0 aliphatic heterocycles. The van der Waals surface area contributed by atoms with Gasteiger partial charge in [-0.1, -0.05) is 37.8 Å². The van der Waals surface area contributed by atoms with Gasteiger partial charge in [0.05, 0.1) is 5.69 Å². The number of carbonyl (C=O) groups is 1. The number of fused-ring (bicyclic) bond motifs is 1. The summed E-state index contributed by atoms with van der Waals surface area (Å²) in [5.41, 5.74) is 5.64. The van der Waals surface area contributed by atoms with Gasteiger partial charge in [-0.3, -0.25) is 4.79 Å². The topological polar surface area (TPSA) is 22.0 Å². The molecule has 0 fully saturated rings. The molecule has 0 N–H and O–H groups in total. The highest BCUT2D eigenvalue weighted by Gasteiger charge is 2.24. The van der Waals surface area contributed by atoms with Crippen molar-refractivity contribution in [2.75, 3.05) is 0 Å². The van der Waals surface area contributed by atoms with Crippen LogP contribution in [-0.4, -0.2) is 10.4 Å². The summed E-state index contributed by atoms with van der Waals surface area (Å²) >= 11 is 1.72. The van der Waals surface area contributed by atoms with Crippen LogP contribution in [0.4, 0.5) is 0 Å². The maximum absolute atomic E-state index is 13.4. The van der Waals surface area contributed by atoms with Gasteiger partial charge in [-0.15, -0.1) is 11.3 Å². The number of unbranched alkanes of at least 4 members (excludes halogenated alkanes) is 1. The SMILES string of the molecule is CCCC.CCn1c(C(=O)C(=C(C)C)C2=C(C)CCCC2)cc2ccsc21. The van der Waals surface area contributed by atoms with Gasteiger partial charge >= 0.3 is 0 Å². The van der Waals surface area contributed by atoms with Crippen LogP contribution in [0.1, 0.15) is 90.6 Å². The lowest BCUT2D eigenvalue weighted by molar-refractivity contribution is 0.102. The lowest BCUT2D eigenvalue weighted by atomic mass is 9.84. The minimum absolute atomic E-state index is 0.200. The quantitative estimate of drug-likeness (QED) is 0.378. The van der Waals surface area contributed by atoms with E-state index in [0.29, 0.717) is 0 Å². The molecule has 0 spiro atoms. The van der Waals surface area contributed by atoms with E-state index >= 15 is 0 Å². The van der Waals surface area contributed by atoms with Gasteiger partial charge in [-0.05, 0) is 76.5 Å². The smallest absolute Gasteiger partial charge is 0.209 e. The third kappa shape index (κ3) is 4.82. The Balaban J connectivity index is 0.000000596. The molecule has 1 aliphatic rings. The maximum Gasteiger partial charge on any atom is 0.209 e. The Kier molecular flexibility index (Phi) is 8.09. The van der Waals surface area contributed by atoms with E-state index in [2.05, 4.69) is 63.6 Å². The predicted octanol–water partition coefficient (Wildman–Crippen LogP) is 7.94. The van der Waals surface area contributed by atoms with Crippen LogP contribution in [0.15, 0.2) is 39.8 Å². The molecule has 2 aromatic heterocycles. The zero-order chi connectivity index (χ0) is 20.0. The number of allylic oxidation sites excluding steroid dienone is 4. The number of Topliss-reactive ketones (excluding diaryl/α,β-unsaturated/α-hetero) is 1. The van der Waals surface area contributed by atoms with Crippen LogP contribution < -0.4 is 0 Å². The van der Waals surface area contributed by atoms with Gasteiger partial charge < -0.3 is 4.57 Å². The van der Waals surface area contributed by atoms with Crippen molar-refractivity contribution in [1.82, 2.24) is 4.57 Å². The fraction of sp³-hybridized carbons (Fsp3) is 0.542. The van der Waals surface area contributed by atoms with Gasteiger partial charge in [0.15, 0.2) is 0 Å². The van der Waals surface area contributed by atoms with Crippen LogP contribution in [0.3, 0.4) is 0 Å². The van der Waals surface area contributed by atoms with Gasteiger partial charge in [0, 0.05) is 17.5 Å².